The molecule has 24 heavy (non-hydrogen) atoms. The molecule has 0 radical (unpaired) electrons. The van der Waals surface area contributed by atoms with E-state index in [0.717, 1.165) is 24.0 Å². The number of aliphatic hydroxyl groups is 1. The number of halogens is 1. The molecule has 1 aromatic heterocycles. The third kappa shape index (κ3) is 3.82. The lowest BCUT2D eigenvalue weighted by molar-refractivity contribution is -0.134. The van der Waals surface area contributed by atoms with Crippen molar-refractivity contribution in [2.45, 2.75) is 32.4 Å². The number of hydrogen-bond acceptors (Lipinski definition) is 3. The molecule has 1 saturated heterocycles. The Balaban J connectivity index is 1.53. The van der Waals surface area contributed by atoms with Gasteiger partial charge in [0, 0.05) is 19.3 Å². The van der Waals surface area contributed by atoms with Crippen LogP contribution >= 0.6 is 0 Å². The first-order chi connectivity index (χ1) is 11.5. The number of hydrogen-bond donors (Lipinski definition) is 1. The molecule has 3 rings (SSSR count). The van der Waals surface area contributed by atoms with E-state index in [-0.39, 0.29) is 24.2 Å². The number of aryl methyl sites for hydroxylation is 1. The number of piperidine rings is 1. The van der Waals surface area contributed by atoms with Gasteiger partial charge in [-0.2, -0.15) is 5.10 Å². The van der Waals surface area contributed by atoms with Crippen molar-refractivity contribution < 1.29 is 14.3 Å². The number of likely N-dealkylation sites (tertiary alicyclic amines) is 1. The number of aromatic nitrogens is 2. The average Bonchev–Trinajstić information content (AvgIpc) is 3.00. The molecule has 0 unspecified atom stereocenters. The van der Waals surface area contributed by atoms with Crippen LogP contribution in [0.1, 0.15) is 30.1 Å². The maximum atomic E-state index is 13.0. The molecule has 1 aliphatic heterocycles. The van der Waals surface area contributed by atoms with Crippen molar-refractivity contribution in [1.29, 1.82) is 0 Å². The van der Waals surface area contributed by atoms with Crippen molar-refractivity contribution in [3.8, 4) is 0 Å². The maximum absolute atomic E-state index is 13.0. The Bertz CT molecular complexity index is 691. The molecule has 1 amide bonds. The average molecular weight is 331 g/mol. The number of aliphatic hydroxyl groups excluding tert-OH is 1. The summed E-state index contributed by atoms with van der Waals surface area (Å²) in [6.07, 6.45) is 4.45. The summed E-state index contributed by atoms with van der Waals surface area (Å²) in [7, 11) is 0. The van der Waals surface area contributed by atoms with E-state index in [4.69, 9.17) is 0 Å². The highest BCUT2D eigenvalue weighted by molar-refractivity contribution is 5.76. The van der Waals surface area contributed by atoms with Crippen molar-refractivity contribution in [3.63, 3.8) is 0 Å². The summed E-state index contributed by atoms with van der Waals surface area (Å²) in [4.78, 5) is 14.1. The first-order valence-electron chi connectivity index (χ1n) is 8.23. The standard InChI is InChI=1S/C18H22FN3O2/c1-13-10-20-22(11-13)12-17(23)21-8-6-15(7-9-21)18(24)14-2-4-16(19)5-3-14/h2-5,10-11,15,18,24H,6-9,12H2,1H3/t18-/m1/s1. The number of rotatable bonds is 4. The smallest absolute Gasteiger partial charge is 0.244 e. The number of benzene rings is 1. The summed E-state index contributed by atoms with van der Waals surface area (Å²) in [5, 5.41) is 14.6. The summed E-state index contributed by atoms with van der Waals surface area (Å²) in [5.74, 6) is -0.167. The third-order valence-electron chi connectivity index (χ3n) is 4.61. The van der Waals surface area contributed by atoms with Gasteiger partial charge in [0.15, 0.2) is 0 Å². The van der Waals surface area contributed by atoms with E-state index in [9.17, 15) is 14.3 Å². The van der Waals surface area contributed by atoms with Gasteiger partial charge in [-0.15, -0.1) is 0 Å². The Morgan fingerprint density at radius 2 is 2.00 bits per heavy atom. The molecule has 0 bridgehead atoms. The highest BCUT2D eigenvalue weighted by Crippen LogP contribution is 2.30. The van der Waals surface area contributed by atoms with Gasteiger partial charge in [0.1, 0.15) is 12.4 Å². The fourth-order valence-electron chi connectivity index (χ4n) is 3.19. The molecule has 1 atom stereocenters. The molecule has 0 aliphatic carbocycles. The zero-order valence-corrected chi connectivity index (χ0v) is 13.7. The lowest BCUT2D eigenvalue weighted by Gasteiger charge is -2.34. The maximum Gasteiger partial charge on any atom is 0.244 e. The van der Waals surface area contributed by atoms with E-state index in [1.54, 1.807) is 23.0 Å². The van der Waals surface area contributed by atoms with Gasteiger partial charge in [0.2, 0.25) is 5.91 Å². The predicted octanol–water partition coefficient (Wildman–Crippen LogP) is 2.30. The largest absolute Gasteiger partial charge is 0.388 e. The Kier molecular flexibility index (Phi) is 4.94. The SMILES string of the molecule is Cc1cnn(CC(=O)N2CCC([C@H](O)c3ccc(F)cc3)CC2)c1. The minimum atomic E-state index is -0.614. The second-order valence-electron chi connectivity index (χ2n) is 6.43. The highest BCUT2D eigenvalue weighted by atomic mass is 19.1. The zero-order valence-electron chi connectivity index (χ0n) is 13.7. The molecule has 0 spiro atoms. The summed E-state index contributed by atoms with van der Waals surface area (Å²) >= 11 is 0. The van der Waals surface area contributed by atoms with Crippen molar-refractivity contribution >= 4 is 5.91 Å². The van der Waals surface area contributed by atoms with Crippen LogP contribution in [0.4, 0.5) is 4.39 Å². The molecule has 1 aliphatic rings. The van der Waals surface area contributed by atoms with Gasteiger partial charge in [-0.3, -0.25) is 9.48 Å². The first-order valence-corrected chi connectivity index (χ1v) is 8.23. The molecular weight excluding hydrogens is 309 g/mol. The van der Waals surface area contributed by atoms with Crippen molar-refractivity contribution in [3.05, 3.63) is 53.6 Å². The highest BCUT2D eigenvalue weighted by Gasteiger charge is 2.28. The van der Waals surface area contributed by atoms with Crippen molar-refractivity contribution in [2.75, 3.05) is 13.1 Å². The Morgan fingerprint density at radius 1 is 1.33 bits per heavy atom. The molecule has 2 heterocycles. The molecule has 1 N–H and O–H groups in total. The molecule has 1 fully saturated rings. The van der Waals surface area contributed by atoms with Gasteiger partial charge in [-0.05, 0) is 48.9 Å². The minimum absolute atomic E-state index is 0.0489. The molecule has 6 heteroatoms. The molecular formula is C18H22FN3O2. The van der Waals surface area contributed by atoms with Gasteiger partial charge in [-0.25, -0.2) is 4.39 Å². The Hall–Kier alpha value is -2.21. The fraction of sp³-hybridized carbons (Fsp3) is 0.444. The van der Waals surface area contributed by atoms with Crippen LogP contribution in [0.3, 0.4) is 0 Å². The molecule has 128 valence electrons. The summed E-state index contributed by atoms with van der Waals surface area (Å²) in [6, 6.07) is 5.97. The molecule has 2 aromatic rings. The first kappa shape index (κ1) is 16.6. The second-order valence-corrected chi connectivity index (χ2v) is 6.43. The van der Waals surface area contributed by atoms with Crippen LogP contribution in [0.2, 0.25) is 0 Å². The Labute approximate surface area is 140 Å². The van der Waals surface area contributed by atoms with Crippen LogP contribution < -0.4 is 0 Å². The number of carbonyl (C=O) groups excluding carboxylic acids is 1. The van der Waals surface area contributed by atoms with Crippen LogP contribution in [0.15, 0.2) is 36.7 Å². The molecule has 1 aromatic carbocycles. The van der Waals surface area contributed by atoms with Crippen LogP contribution in [-0.2, 0) is 11.3 Å². The van der Waals surface area contributed by atoms with E-state index < -0.39 is 6.10 Å². The van der Waals surface area contributed by atoms with E-state index in [0.29, 0.717) is 13.1 Å². The van der Waals surface area contributed by atoms with Crippen molar-refractivity contribution in [2.24, 2.45) is 5.92 Å². The summed E-state index contributed by atoms with van der Waals surface area (Å²) in [5.41, 5.74) is 1.76. The fourth-order valence-corrected chi connectivity index (χ4v) is 3.19. The van der Waals surface area contributed by atoms with Crippen molar-refractivity contribution in [1.82, 2.24) is 14.7 Å². The number of nitrogens with zero attached hydrogens (tertiary/aromatic N) is 3. The van der Waals surface area contributed by atoms with Crippen LogP contribution in [-0.4, -0.2) is 38.8 Å². The van der Waals surface area contributed by atoms with E-state index >= 15 is 0 Å². The normalized spacial score (nSPS) is 17.0. The summed E-state index contributed by atoms with van der Waals surface area (Å²) in [6.45, 7) is 3.44. The van der Waals surface area contributed by atoms with Crippen LogP contribution in [0, 0.1) is 18.7 Å². The van der Waals surface area contributed by atoms with E-state index in [2.05, 4.69) is 5.10 Å². The lowest BCUT2D eigenvalue weighted by atomic mass is 9.87. The van der Waals surface area contributed by atoms with E-state index in [1.807, 2.05) is 18.0 Å². The van der Waals surface area contributed by atoms with Gasteiger partial charge in [0.25, 0.3) is 0 Å². The topological polar surface area (TPSA) is 58.4 Å². The third-order valence-corrected chi connectivity index (χ3v) is 4.61. The van der Waals surface area contributed by atoms with Gasteiger partial charge in [-0.1, -0.05) is 12.1 Å². The summed E-state index contributed by atoms with van der Waals surface area (Å²) < 4.78 is 14.6. The Morgan fingerprint density at radius 3 is 2.58 bits per heavy atom. The number of carbonyl (C=O) groups is 1. The van der Waals surface area contributed by atoms with Gasteiger partial charge >= 0.3 is 0 Å². The zero-order chi connectivity index (χ0) is 17.1. The van der Waals surface area contributed by atoms with E-state index in [1.165, 1.54) is 12.1 Å². The monoisotopic (exact) mass is 331 g/mol. The predicted molar refractivity (Wildman–Crippen MR) is 87.6 cm³/mol. The minimum Gasteiger partial charge on any atom is -0.388 e. The van der Waals surface area contributed by atoms with Gasteiger partial charge < -0.3 is 10.0 Å². The van der Waals surface area contributed by atoms with Crippen LogP contribution in [0.5, 0.6) is 0 Å². The van der Waals surface area contributed by atoms with Crippen LogP contribution in [0.25, 0.3) is 0 Å². The van der Waals surface area contributed by atoms with Gasteiger partial charge in [0.05, 0.1) is 12.3 Å². The second kappa shape index (κ2) is 7.13. The quantitative estimate of drug-likeness (QED) is 0.935. The molecule has 5 nitrogen and oxygen atoms in total. The molecule has 0 saturated carbocycles. The lowest BCUT2D eigenvalue weighted by Crippen LogP contribution is -2.41. The number of amides is 1.